The van der Waals surface area contributed by atoms with Crippen molar-refractivity contribution >= 4 is 0 Å². The van der Waals surface area contributed by atoms with Gasteiger partial charge in [0, 0.05) is 19.1 Å². The monoisotopic (exact) mass is 260 g/mol. The second kappa shape index (κ2) is 7.66. The van der Waals surface area contributed by atoms with Crippen LogP contribution in [-0.4, -0.2) is 37.1 Å². The molecule has 0 bridgehead atoms. The Balaban J connectivity index is 1.62. The van der Waals surface area contributed by atoms with Crippen molar-refractivity contribution in [2.75, 3.05) is 26.2 Å². The molecule has 0 amide bonds. The van der Waals surface area contributed by atoms with E-state index < -0.39 is 0 Å². The highest BCUT2D eigenvalue weighted by atomic mass is 15.2. The van der Waals surface area contributed by atoms with E-state index in [0.717, 1.165) is 12.0 Å². The van der Waals surface area contributed by atoms with Crippen molar-refractivity contribution in [1.29, 1.82) is 0 Å². The van der Waals surface area contributed by atoms with Crippen LogP contribution in [0.5, 0.6) is 0 Å². The molecule has 1 aromatic rings. The minimum atomic E-state index is 0.717. The number of hydrogen-bond acceptors (Lipinski definition) is 2. The highest BCUT2D eigenvalue weighted by Crippen LogP contribution is 2.11. The van der Waals surface area contributed by atoms with Gasteiger partial charge in [0.05, 0.1) is 0 Å². The molecule has 0 aromatic heterocycles. The molecular formula is C17H28N2. The summed E-state index contributed by atoms with van der Waals surface area (Å²) in [5.41, 5.74) is 1.46. The third-order valence-corrected chi connectivity index (χ3v) is 3.99. The maximum Gasteiger partial charge on any atom is 0.0207 e. The molecule has 19 heavy (non-hydrogen) atoms. The lowest BCUT2D eigenvalue weighted by Crippen LogP contribution is -2.34. The van der Waals surface area contributed by atoms with Crippen LogP contribution in [0.4, 0.5) is 0 Å². The third-order valence-electron chi connectivity index (χ3n) is 3.99. The van der Waals surface area contributed by atoms with Gasteiger partial charge in [0.15, 0.2) is 0 Å². The fraction of sp³-hybridized carbons (Fsp3) is 0.647. The molecule has 0 aliphatic carbocycles. The molecule has 0 saturated carbocycles. The first kappa shape index (κ1) is 14.5. The number of nitrogens with one attached hydrogen (secondary N) is 1. The quantitative estimate of drug-likeness (QED) is 0.811. The molecule has 1 aliphatic heterocycles. The maximum absolute atomic E-state index is 3.70. The Kier molecular flexibility index (Phi) is 5.87. The average Bonchev–Trinajstić information content (AvgIpc) is 2.85. The number of nitrogens with zero attached hydrogens (tertiary/aromatic N) is 1. The number of likely N-dealkylation sites (tertiary alicyclic amines) is 1. The van der Waals surface area contributed by atoms with E-state index in [1.54, 1.807) is 0 Å². The Hall–Kier alpha value is -0.860. The van der Waals surface area contributed by atoms with E-state index in [1.165, 1.54) is 51.0 Å². The van der Waals surface area contributed by atoms with Gasteiger partial charge >= 0.3 is 0 Å². The number of rotatable bonds is 7. The van der Waals surface area contributed by atoms with Gasteiger partial charge < -0.3 is 10.2 Å². The van der Waals surface area contributed by atoms with E-state index in [0.29, 0.717) is 0 Å². The predicted octanol–water partition coefficient (Wildman–Crippen LogP) is 2.94. The van der Waals surface area contributed by atoms with E-state index in [-0.39, 0.29) is 0 Å². The van der Waals surface area contributed by atoms with Crippen molar-refractivity contribution in [3.8, 4) is 0 Å². The third kappa shape index (κ3) is 5.33. The molecule has 2 rings (SSSR count). The normalized spacial score (nSPS) is 20.3. The summed E-state index contributed by atoms with van der Waals surface area (Å²) in [6, 6.07) is 11.5. The van der Waals surface area contributed by atoms with Gasteiger partial charge in [-0.2, -0.15) is 0 Å². The van der Waals surface area contributed by atoms with Crippen LogP contribution in [0.1, 0.15) is 32.3 Å². The molecule has 0 spiro atoms. The van der Waals surface area contributed by atoms with Crippen LogP contribution < -0.4 is 5.32 Å². The summed E-state index contributed by atoms with van der Waals surface area (Å²) in [6.07, 6.45) is 3.78. The van der Waals surface area contributed by atoms with Crippen molar-refractivity contribution in [1.82, 2.24) is 10.2 Å². The zero-order chi connectivity index (χ0) is 13.5. The summed E-state index contributed by atoms with van der Waals surface area (Å²) in [4.78, 5) is 2.60. The molecule has 2 heteroatoms. The van der Waals surface area contributed by atoms with Crippen LogP contribution >= 0.6 is 0 Å². The molecule has 1 saturated heterocycles. The highest BCUT2D eigenvalue weighted by molar-refractivity contribution is 5.14. The second-order valence-electron chi connectivity index (χ2n) is 6.16. The van der Waals surface area contributed by atoms with E-state index in [2.05, 4.69) is 54.4 Å². The van der Waals surface area contributed by atoms with Crippen molar-refractivity contribution in [3.05, 3.63) is 35.9 Å². The molecule has 2 nitrogen and oxygen atoms in total. The number of benzene rings is 1. The van der Waals surface area contributed by atoms with Crippen LogP contribution in [0.25, 0.3) is 0 Å². The van der Waals surface area contributed by atoms with E-state index >= 15 is 0 Å². The van der Waals surface area contributed by atoms with Gasteiger partial charge in [-0.3, -0.25) is 0 Å². The van der Waals surface area contributed by atoms with E-state index in [4.69, 9.17) is 0 Å². The van der Waals surface area contributed by atoms with Crippen LogP contribution in [0.2, 0.25) is 0 Å². The highest BCUT2D eigenvalue weighted by Gasteiger charge is 2.21. The summed E-state index contributed by atoms with van der Waals surface area (Å²) in [7, 11) is 0. The molecule has 1 N–H and O–H groups in total. The summed E-state index contributed by atoms with van der Waals surface area (Å²) < 4.78 is 0. The van der Waals surface area contributed by atoms with Gasteiger partial charge in [-0.25, -0.2) is 0 Å². The largest absolute Gasteiger partial charge is 0.313 e. The first-order chi connectivity index (χ1) is 9.24. The molecule has 1 heterocycles. The van der Waals surface area contributed by atoms with Gasteiger partial charge in [-0.05, 0) is 43.8 Å². The van der Waals surface area contributed by atoms with Crippen molar-refractivity contribution < 1.29 is 0 Å². The molecule has 106 valence electrons. The molecule has 0 radical (unpaired) electrons. The Morgan fingerprint density at radius 2 is 2.05 bits per heavy atom. The first-order valence-electron chi connectivity index (χ1n) is 7.73. The lowest BCUT2D eigenvalue weighted by molar-refractivity contribution is 0.330. The fourth-order valence-electron chi connectivity index (χ4n) is 2.71. The second-order valence-corrected chi connectivity index (χ2v) is 6.16. The standard InChI is InChI=1S/C17H28N2/c1-15(2)8-11-18-17-10-13-19(14-17)12-9-16-6-4-3-5-7-16/h3-7,15,17-18H,8-14H2,1-2H3. The minimum Gasteiger partial charge on any atom is -0.313 e. The Morgan fingerprint density at radius 3 is 2.79 bits per heavy atom. The van der Waals surface area contributed by atoms with Gasteiger partial charge in [-0.15, -0.1) is 0 Å². The molecule has 1 fully saturated rings. The van der Waals surface area contributed by atoms with Crippen LogP contribution in [-0.2, 0) is 6.42 Å². The topological polar surface area (TPSA) is 15.3 Å². The summed E-state index contributed by atoms with van der Waals surface area (Å²) in [6.45, 7) is 9.45. The maximum atomic E-state index is 3.70. The van der Waals surface area contributed by atoms with Crippen LogP contribution in [0.3, 0.4) is 0 Å². The Bertz CT molecular complexity index is 348. The predicted molar refractivity (Wildman–Crippen MR) is 82.4 cm³/mol. The number of hydrogen-bond donors (Lipinski definition) is 1. The molecule has 1 aromatic carbocycles. The van der Waals surface area contributed by atoms with Gasteiger partial charge in [0.25, 0.3) is 0 Å². The first-order valence-corrected chi connectivity index (χ1v) is 7.73. The molecule has 1 atom stereocenters. The SMILES string of the molecule is CC(C)CCNC1CCN(CCc2ccccc2)C1. The van der Waals surface area contributed by atoms with E-state index in [9.17, 15) is 0 Å². The van der Waals surface area contributed by atoms with Gasteiger partial charge in [0.1, 0.15) is 0 Å². The van der Waals surface area contributed by atoms with Crippen LogP contribution in [0.15, 0.2) is 30.3 Å². The lowest BCUT2D eigenvalue weighted by atomic mass is 10.1. The van der Waals surface area contributed by atoms with Gasteiger partial charge in [0.2, 0.25) is 0 Å². The van der Waals surface area contributed by atoms with E-state index in [1.807, 2.05) is 0 Å². The molecule has 1 unspecified atom stereocenters. The van der Waals surface area contributed by atoms with Crippen molar-refractivity contribution in [2.45, 2.75) is 39.2 Å². The van der Waals surface area contributed by atoms with Crippen LogP contribution in [0, 0.1) is 5.92 Å². The minimum absolute atomic E-state index is 0.717. The summed E-state index contributed by atoms with van der Waals surface area (Å²) in [5.74, 6) is 0.808. The average molecular weight is 260 g/mol. The Labute approximate surface area is 118 Å². The Morgan fingerprint density at radius 1 is 1.26 bits per heavy atom. The van der Waals surface area contributed by atoms with Crippen molar-refractivity contribution in [2.24, 2.45) is 5.92 Å². The smallest absolute Gasteiger partial charge is 0.0207 e. The zero-order valence-electron chi connectivity index (χ0n) is 12.4. The lowest BCUT2D eigenvalue weighted by Gasteiger charge is -2.17. The zero-order valence-corrected chi connectivity index (χ0v) is 12.4. The molecule has 1 aliphatic rings. The molecular weight excluding hydrogens is 232 g/mol. The summed E-state index contributed by atoms with van der Waals surface area (Å²) in [5, 5.41) is 3.70. The van der Waals surface area contributed by atoms with Crippen molar-refractivity contribution in [3.63, 3.8) is 0 Å². The summed E-state index contributed by atoms with van der Waals surface area (Å²) >= 11 is 0. The fourth-order valence-corrected chi connectivity index (χ4v) is 2.71. The van der Waals surface area contributed by atoms with Gasteiger partial charge in [-0.1, -0.05) is 44.2 Å².